The van der Waals surface area contributed by atoms with Gasteiger partial charge in [0.1, 0.15) is 18.2 Å². The molecule has 2 bridgehead atoms. The number of carbonyl (C=O) groups excluding carboxylic acids is 3. The molecule has 1 aromatic rings. The lowest BCUT2D eigenvalue weighted by Gasteiger charge is -2.45. The van der Waals surface area contributed by atoms with Gasteiger partial charge in [-0.25, -0.2) is 9.59 Å². The Balaban J connectivity index is 1.73. The lowest BCUT2D eigenvalue weighted by atomic mass is 10.00. The number of carbonyl (C=O) groups is 3. The number of benzene rings is 1. The van der Waals surface area contributed by atoms with Crippen LogP contribution in [0.3, 0.4) is 0 Å². The van der Waals surface area contributed by atoms with Crippen molar-refractivity contribution in [2.24, 2.45) is 0 Å². The molecule has 1 aromatic carbocycles. The Morgan fingerprint density at radius 1 is 1.07 bits per heavy atom. The molecule has 3 rings (SSSR count). The minimum atomic E-state index is -0.713. The van der Waals surface area contributed by atoms with Crippen LogP contribution >= 0.6 is 0 Å². The summed E-state index contributed by atoms with van der Waals surface area (Å²) < 4.78 is 11.0. The standard InChI is InChI=1S/C21H28N2O5/c1-14(24)18-17-11-10-16(23(17)20(26)28-21(2,3)4)12-22(18)19(25)27-13-15-8-6-5-7-9-15/h5-9,16-18H,10-13H2,1-4H3/t16-,17+,18-/m1/s1. The quantitative estimate of drug-likeness (QED) is 0.794. The summed E-state index contributed by atoms with van der Waals surface area (Å²) in [6, 6.07) is 8.14. The maximum Gasteiger partial charge on any atom is 0.410 e. The average Bonchev–Trinajstić information content (AvgIpc) is 2.92. The Morgan fingerprint density at radius 2 is 1.75 bits per heavy atom. The number of piperazine rings is 1. The molecule has 7 nitrogen and oxygen atoms in total. The van der Waals surface area contributed by atoms with Crippen LogP contribution in [-0.4, -0.2) is 58.0 Å². The molecular weight excluding hydrogens is 360 g/mol. The van der Waals surface area contributed by atoms with Crippen molar-refractivity contribution in [3.63, 3.8) is 0 Å². The molecule has 3 atom stereocenters. The lowest BCUT2D eigenvalue weighted by molar-refractivity contribution is -0.126. The molecule has 0 unspecified atom stereocenters. The van der Waals surface area contributed by atoms with E-state index in [2.05, 4.69) is 0 Å². The molecule has 0 aromatic heterocycles. The first-order chi connectivity index (χ1) is 13.2. The highest BCUT2D eigenvalue weighted by Crippen LogP contribution is 2.36. The summed E-state index contributed by atoms with van der Waals surface area (Å²) in [4.78, 5) is 40.9. The van der Waals surface area contributed by atoms with Crippen molar-refractivity contribution in [2.75, 3.05) is 6.54 Å². The van der Waals surface area contributed by atoms with Crippen molar-refractivity contribution >= 4 is 18.0 Å². The van der Waals surface area contributed by atoms with Gasteiger partial charge >= 0.3 is 12.2 Å². The number of amides is 2. The highest BCUT2D eigenvalue weighted by Gasteiger charge is 2.52. The van der Waals surface area contributed by atoms with Crippen LogP contribution in [0.5, 0.6) is 0 Å². The van der Waals surface area contributed by atoms with Gasteiger partial charge in [-0.3, -0.25) is 14.6 Å². The number of nitrogens with zero attached hydrogens (tertiary/aromatic N) is 2. The van der Waals surface area contributed by atoms with Gasteiger partial charge in [0.2, 0.25) is 0 Å². The van der Waals surface area contributed by atoms with Crippen molar-refractivity contribution < 1.29 is 23.9 Å². The summed E-state index contributed by atoms with van der Waals surface area (Å²) >= 11 is 0. The number of hydrogen-bond acceptors (Lipinski definition) is 5. The molecule has 2 heterocycles. The van der Waals surface area contributed by atoms with E-state index >= 15 is 0 Å². The summed E-state index contributed by atoms with van der Waals surface area (Å²) in [5.74, 6) is -0.157. The summed E-state index contributed by atoms with van der Waals surface area (Å²) in [6.07, 6.45) is 0.445. The summed E-state index contributed by atoms with van der Waals surface area (Å²) in [7, 11) is 0. The lowest BCUT2D eigenvalue weighted by Crippen LogP contribution is -2.65. The van der Waals surface area contributed by atoms with E-state index < -0.39 is 23.8 Å². The first-order valence-electron chi connectivity index (χ1n) is 9.66. The van der Waals surface area contributed by atoms with Gasteiger partial charge in [0.25, 0.3) is 0 Å². The fraction of sp³-hybridized carbons (Fsp3) is 0.571. The molecule has 7 heteroatoms. The SMILES string of the molecule is CC(=O)[C@@H]1[C@@H]2CC[C@H](CN1C(=O)OCc1ccccc1)N2C(=O)OC(C)(C)C. The van der Waals surface area contributed by atoms with Gasteiger partial charge in [0.15, 0.2) is 5.78 Å². The van der Waals surface area contributed by atoms with Crippen LogP contribution < -0.4 is 0 Å². The molecule has 2 saturated heterocycles. The highest BCUT2D eigenvalue weighted by atomic mass is 16.6. The first-order valence-corrected chi connectivity index (χ1v) is 9.66. The molecular formula is C21H28N2O5. The zero-order valence-corrected chi connectivity index (χ0v) is 16.9. The van der Waals surface area contributed by atoms with Crippen LogP contribution in [0.2, 0.25) is 0 Å². The summed E-state index contributed by atoms with van der Waals surface area (Å²) in [5.41, 5.74) is 0.263. The molecule has 0 N–H and O–H groups in total. The molecule has 2 aliphatic heterocycles. The predicted octanol–water partition coefficient (Wildman–Crippen LogP) is 3.36. The van der Waals surface area contributed by atoms with E-state index in [0.29, 0.717) is 6.42 Å². The van der Waals surface area contributed by atoms with Gasteiger partial charge in [-0.1, -0.05) is 30.3 Å². The predicted molar refractivity (Wildman–Crippen MR) is 103 cm³/mol. The third-order valence-electron chi connectivity index (χ3n) is 5.11. The minimum Gasteiger partial charge on any atom is -0.445 e. The van der Waals surface area contributed by atoms with E-state index in [1.165, 1.54) is 11.8 Å². The van der Waals surface area contributed by atoms with Crippen molar-refractivity contribution in [3.8, 4) is 0 Å². The first kappa shape index (κ1) is 20.2. The van der Waals surface area contributed by atoms with E-state index in [4.69, 9.17) is 9.47 Å². The Morgan fingerprint density at radius 3 is 2.36 bits per heavy atom. The molecule has 0 aliphatic carbocycles. The van der Waals surface area contributed by atoms with Crippen molar-refractivity contribution in [1.29, 1.82) is 0 Å². The Labute approximate surface area is 165 Å². The maximum atomic E-state index is 12.7. The number of Topliss-reactive ketones (excluding diaryl/α,β-unsaturated/α-hetero) is 1. The Kier molecular flexibility index (Phi) is 5.63. The number of fused-ring (bicyclic) bond motifs is 2. The van der Waals surface area contributed by atoms with E-state index in [1.54, 1.807) is 4.90 Å². The number of rotatable bonds is 3. The van der Waals surface area contributed by atoms with Crippen LogP contribution in [0.25, 0.3) is 0 Å². The topological polar surface area (TPSA) is 76.2 Å². The number of hydrogen-bond donors (Lipinski definition) is 0. The summed E-state index contributed by atoms with van der Waals surface area (Å²) in [6.45, 7) is 7.30. The van der Waals surface area contributed by atoms with Crippen LogP contribution in [0.4, 0.5) is 9.59 Å². The molecule has 2 amide bonds. The molecule has 0 saturated carbocycles. The van der Waals surface area contributed by atoms with Crippen LogP contribution in [0.1, 0.15) is 46.1 Å². The van der Waals surface area contributed by atoms with E-state index in [1.807, 2.05) is 51.1 Å². The van der Waals surface area contributed by atoms with E-state index in [0.717, 1.165) is 12.0 Å². The third-order valence-corrected chi connectivity index (χ3v) is 5.11. The number of likely N-dealkylation sites (tertiary alicyclic amines) is 1. The molecule has 152 valence electrons. The fourth-order valence-electron chi connectivity index (χ4n) is 4.03. The minimum absolute atomic E-state index is 0.145. The van der Waals surface area contributed by atoms with Gasteiger partial charge in [-0.05, 0) is 46.1 Å². The van der Waals surface area contributed by atoms with Crippen molar-refractivity contribution in [1.82, 2.24) is 9.80 Å². The molecule has 2 fully saturated rings. The average molecular weight is 388 g/mol. The van der Waals surface area contributed by atoms with Gasteiger partial charge in [-0.2, -0.15) is 0 Å². The second kappa shape index (κ2) is 7.81. The number of ether oxygens (including phenoxy) is 2. The largest absolute Gasteiger partial charge is 0.445 e. The number of ketones is 1. The van der Waals surface area contributed by atoms with Crippen molar-refractivity contribution in [3.05, 3.63) is 35.9 Å². The second-order valence-electron chi connectivity index (χ2n) is 8.43. The smallest absolute Gasteiger partial charge is 0.410 e. The molecule has 0 spiro atoms. The van der Waals surface area contributed by atoms with Crippen LogP contribution in [0, 0.1) is 0 Å². The van der Waals surface area contributed by atoms with Gasteiger partial charge in [0, 0.05) is 6.54 Å². The molecule has 2 aliphatic rings. The van der Waals surface area contributed by atoms with E-state index in [-0.39, 0.29) is 31.0 Å². The monoisotopic (exact) mass is 388 g/mol. The van der Waals surface area contributed by atoms with Gasteiger partial charge in [0.05, 0.1) is 12.1 Å². The zero-order valence-electron chi connectivity index (χ0n) is 16.9. The van der Waals surface area contributed by atoms with Crippen molar-refractivity contribution in [2.45, 2.75) is 70.9 Å². The maximum absolute atomic E-state index is 12.7. The Bertz CT molecular complexity index is 743. The normalized spacial score (nSPS) is 24.1. The molecule has 0 radical (unpaired) electrons. The fourth-order valence-corrected chi connectivity index (χ4v) is 4.03. The van der Waals surface area contributed by atoms with E-state index in [9.17, 15) is 14.4 Å². The second-order valence-corrected chi connectivity index (χ2v) is 8.43. The van der Waals surface area contributed by atoms with Gasteiger partial charge < -0.3 is 9.47 Å². The molecule has 28 heavy (non-hydrogen) atoms. The summed E-state index contributed by atoms with van der Waals surface area (Å²) in [5, 5.41) is 0. The van der Waals surface area contributed by atoms with Crippen LogP contribution in [0.15, 0.2) is 30.3 Å². The zero-order chi connectivity index (χ0) is 20.5. The van der Waals surface area contributed by atoms with Gasteiger partial charge in [-0.15, -0.1) is 0 Å². The Hall–Kier alpha value is -2.57. The highest BCUT2D eigenvalue weighted by molar-refractivity contribution is 5.88. The van der Waals surface area contributed by atoms with Crippen LogP contribution in [-0.2, 0) is 20.9 Å². The third kappa shape index (κ3) is 4.29.